The molecule has 17 heavy (non-hydrogen) atoms. The summed E-state index contributed by atoms with van der Waals surface area (Å²) in [7, 11) is -3.87. The van der Waals surface area contributed by atoms with Gasteiger partial charge in [-0.2, -0.15) is 17.4 Å². The van der Waals surface area contributed by atoms with Crippen molar-refractivity contribution in [3.63, 3.8) is 0 Å². The van der Waals surface area contributed by atoms with Crippen molar-refractivity contribution in [2.75, 3.05) is 26.2 Å². The van der Waals surface area contributed by atoms with Crippen molar-refractivity contribution in [1.82, 2.24) is 9.03 Å². The number of hydrogen-bond acceptors (Lipinski definition) is 3. The molecule has 0 aromatic carbocycles. The number of nitrogens with one attached hydrogen (secondary N) is 1. The Labute approximate surface area is 100.0 Å². The molecule has 1 fully saturated rings. The molecule has 8 heteroatoms. The molecular weight excluding hydrogens is 254 g/mol. The molecule has 0 aliphatic carbocycles. The van der Waals surface area contributed by atoms with Crippen LogP contribution in [0.1, 0.15) is 19.8 Å². The Morgan fingerprint density at radius 1 is 1.53 bits per heavy atom. The van der Waals surface area contributed by atoms with Crippen LogP contribution in [0, 0.1) is 5.92 Å². The summed E-state index contributed by atoms with van der Waals surface area (Å²) in [5.41, 5.74) is 0. The Morgan fingerprint density at radius 3 is 2.71 bits per heavy atom. The molecule has 1 unspecified atom stereocenters. The quantitative estimate of drug-likeness (QED) is 0.750. The maximum Gasteiger partial charge on any atom is 0.283 e. The van der Waals surface area contributed by atoms with Gasteiger partial charge in [0, 0.05) is 13.1 Å². The lowest BCUT2D eigenvalue weighted by Gasteiger charge is -2.30. The van der Waals surface area contributed by atoms with Crippen LogP contribution in [0.5, 0.6) is 0 Å². The van der Waals surface area contributed by atoms with Crippen molar-refractivity contribution in [3.05, 3.63) is 0 Å². The van der Waals surface area contributed by atoms with E-state index >= 15 is 0 Å². The normalized spacial score (nSPS) is 23.9. The van der Waals surface area contributed by atoms with Gasteiger partial charge in [-0.25, -0.2) is 8.78 Å². The van der Waals surface area contributed by atoms with Crippen LogP contribution in [0.4, 0.5) is 8.78 Å². The third kappa shape index (κ3) is 4.46. The minimum absolute atomic E-state index is 0.235. The first-order valence-electron chi connectivity index (χ1n) is 5.50. The van der Waals surface area contributed by atoms with Gasteiger partial charge in [0.05, 0.1) is 6.54 Å². The molecule has 0 aromatic heterocycles. The van der Waals surface area contributed by atoms with Crippen molar-refractivity contribution < 1.29 is 22.3 Å². The zero-order valence-corrected chi connectivity index (χ0v) is 10.5. The second-order valence-electron chi connectivity index (χ2n) is 4.45. The fraction of sp³-hybridized carbons (Fsp3) is 1.00. The van der Waals surface area contributed by atoms with Gasteiger partial charge < -0.3 is 5.11 Å². The fourth-order valence-electron chi connectivity index (χ4n) is 1.71. The first-order valence-corrected chi connectivity index (χ1v) is 6.94. The first kappa shape index (κ1) is 14.7. The number of nitrogens with zero attached hydrogens (tertiary/aromatic N) is 1. The Bertz CT molecular complexity index is 348. The predicted molar refractivity (Wildman–Crippen MR) is 58.9 cm³/mol. The molecule has 0 radical (unpaired) electrons. The second kappa shape index (κ2) is 5.55. The van der Waals surface area contributed by atoms with E-state index in [1.165, 1.54) is 4.31 Å². The number of aliphatic hydroxyl groups is 1. The molecule has 1 atom stereocenters. The highest BCUT2D eigenvalue weighted by Crippen LogP contribution is 2.18. The highest BCUT2D eigenvalue weighted by Gasteiger charge is 2.33. The Balaban J connectivity index is 2.56. The average molecular weight is 272 g/mol. The molecule has 102 valence electrons. The largest absolute Gasteiger partial charge is 0.390 e. The molecule has 0 spiro atoms. The lowest BCUT2D eigenvalue weighted by molar-refractivity contribution is -0.0439. The van der Waals surface area contributed by atoms with Crippen molar-refractivity contribution >= 4 is 10.2 Å². The highest BCUT2D eigenvalue weighted by atomic mass is 32.2. The maximum absolute atomic E-state index is 12.7. The lowest BCUT2D eigenvalue weighted by atomic mass is 10.0. The van der Waals surface area contributed by atoms with Gasteiger partial charge in [-0.1, -0.05) is 6.92 Å². The third-order valence-electron chi connectivity index (χ3n) is 2.70. The number of halogens is 2. The topological polar surface area (TPSA) is 69.6 Å². The van der Waals surface area contributed by atoms with Gasteiger partial charge >= 0.3 is 0 Å². The Kier molecular flexibility index (Phi) is 4.82. The molecule has 0 amide bonds. The molecular formula is C9H18F2N2O3S. The molecule has 0 bridgehead atoms. The minimum Gasteiger partial charge on any atom is -0.390 e. The van der Waals surface area contributed by atoms with Crippen molar-refractivity contribution in [2.24, 2.45) is 5.92 Å². The van der Waals surface area contributed by atoms with Crippen LogP contribution >= 0.6 is 0 Å². The lowest BCUT2D eigenvalue weighted by Crippen LogP contribution is -2.49. The van der Waals surface area contributed by atoms with E-state index in [0.29, 0.717) is 13.1 Å². The average Bonchev–Trinajstić information content (AvgIpc) is 2.27. The highest BCUT2D eigenvalue weighted by molar-refractivity contribution is 7.87. The van der Waals surface area contributed by atoms with Gasteiger partial charge in [-0.15, -0.1) is 0 Å². The number of hydrogen-bond donors (Lipinski definition) is 2. The molecule has 0 saturated carbocycles. The second-order valence-corrected chi connectivity index (χ2v) is 6.20. The van der Waals surface area contributed by atoms with E-state index in [2.05, 4.69) is 0 Å². The minimum atomic E-state index is -3.87. The summed E-state index contributed by atoms with van der Waals surface area (Å²) < 4.78 is 51.9. The molecule has 0 aromatic rings. The van der Waals surface area contributed by atoms with E-state index in [1.54, 1.807) is 0 Å². The summed E-state index contributed by atoms with van der Waals surface area (Å²) in [6.45, 7) is 0.178. The summed E-state index contributed by atoms with van der Waals surface area (Å²) in [4.78, 5) is 0. The van der Waals surface area contributed by atoms with Crippen molar-refractivity contribution in [3.8, 4) is 0 Å². The van der Waals surface area contributed by atoms with Gasteiger partial charge in [0.1, 0.15) is 6.61 Å². The molecule has 2 N–H and O–H groups in total. The zero-order valence-electron chi connectivity index (χ0n) is 9.70. The van der Waals surface area contributed by atoms with Crippen molar-refractivity contribution in [1.29, 1.82) is 0 Å². The molecule has 1 saturated heterocycles. The van der Waals surface area contributed by atoms with Crippen LogP contribution in [0.2, 0.25) is 0 Å². The molecule has 5 nitrogen and oxygen atoms in total. The van der Waals surface area contributed by atoms with Crippen LogP contribution in [0.3, 0.4) is 0 Å². The summed E-state index contributed by atoms with van der Waals surface area (Å²) >= 11 is 0. The van der Waals surface area contributed by atoms with Gasteiger partial charge in [0.25, 0.3) is 16.1 Å². The van der Waals surface area contributed by atoms with E-state index in [4.69, 9.17) is 5.11 Å². The predicted octanol–water partition coefficient (Wildman–Crippen LogP) is 0.180. The Hall–Kier alpha value is -0.310. The number of piperidine rings is 1. The smallest absolute Gasteiger partial charge is 0.283 e. The van der Waals surface area contributed by atoms with Crippen LogP contribution in [0.25, 0.3) is 0 Å². The SMILES string of the molecule is CC1CCCN(S(=O)(=O)NCC(F)(F)CO)C1. The van der Waals surface area contributed by atoms with Crippen LogP contribution in [0.15, 0.2) is 0 Å². The fourth-order valence-corrected chi connectivity index (χ4v) is 3.10. The first-order chi connectivity index (χ1) is 7.77. The van der Waals surface area contributed by atoms with Crippen LogP contribution < -0.4 is 4.72 Å². The molecule has 1 aliphatic rings. The Morgan fingerprint density at radius 2 is 2.18 bits per heavy atom. The van der Waals surface area contributed by atoms with Crippen molar-refractivity contribution in [2.45, 2.75) is 25.7 Å². The van der Waals surface area contributed by atoms with E-state index in [0.717, 1.165) is 12.8 Å². The molecule has 1 aliphatic heterocycles. The van der Waals surface area contributed by atoms with Gasteiger partial charge in [0.15, 0.2) is 0 Å². The maximum atomic E-state index is 12.7. The molecule has 1 rings (SSSR count). The van der Waals surface area contributed by atoms with Crippen LogP contribution in [-0.4, -0.2) is 50.0 Å². The summed E-state index contributed by atoms with van der Waals surface area (Å²) in [5, 5.41) is 8.34. The summed E-state index contributed by atoms with van der Waals surface area (Å²) in [6.07, 6.45) is 1.68. The van der Waals surface area contributed by atoms with Crippen LogP contribution in [-0.2, 0) is 10.2 Å². The number of rotatable bonds is 5. The zero-order chi connectivity index (χ0) is 13.1. The van der Waals surface area contributed by atoms with E-state index in [1.807, 2.05) is 11.6 Å². The number of aliphatic hydroxyl groups excluding tert-OH is 1. The summed E-state index contributed by atoms with van der Waals surface area (Å²) in [6, 6.07) is 0. The van der Waals surface area contributed by atoms with Gasteiger partial charge in [-0.3, -0.25) is 0 Å². The monoisotopic (exact) mass is 272 g/mol. The number of alkyl halides is 2. The van der Waals surface area contributed by atoms with E-state index in [-0.39, 0.29) is 5.92 Å². The summed E-state index contributed by atoms with van der Waals surface area (Å²) in [5.74, 6) is -3.19. The molecule has 1 heterocycles. The van der Waals surface area contributed by atoms with Gasteiger partial charge in [-0.05, 0) is 18.8 Å². The van der Waals surface area contributed by atoms with E-state index in [9.17, 15) is 17.2 Å². The van der Waals surface area contributed by atoms with E-state index < -0.39 is 29.3 Å². The standard InChI is InChI=1S/C9H18F2N2O3S/c1-8-3-2-4-13(5-8)17(15,16)12-6-9(10,11)7-14/h8,12,14H,2-7H2,1H3. The van der Waals surface area contributed by atoms with Gasteiger partial charge in [0.2, 0.25) is 0 Å². The third-order valence-corrected chi connectivity index (χ3v) is 4.22.